The van der Waals surface area contributed by atoms with E-state index in [0.29, 0.717) is 4.70 Å². The topological polar surface area (TPSA) is 123 Å². The molecule has 2 aliphatic heterocycles. The number of thiazole rings is 1. The number of nitrogens with zero attached hydrogens (tertiary/aromatic N) is 2. The number of carbonyl (C=O) groups excluding carboxylic acids is 1. The highest BCUT2D eigenvalue weighted by atomic mass is 32.1. The van der Waals surface area contributed by atoms with Crippen LogP contribution in [0, 0.1) is 0 Å². The number of anilines is 1. The zero-order valence-corrected chi connectivity index (χ0v) is 21.1. The molecule has 4 N–H and O–H groups in total. The molecule has 5 rings (SSSR count). The maximum atomic E-state index is 14.9. The maximum Gasteiger partial charge on any atom is 0.586 e. The van der Waals surface area contributed by atoms with Gasteiger partial charge in [-0.05, 0) is 18.6 Å². The predicted molar refractivity (Wildman–Crippen MR) is 128 cm³/mol. The number of benzene rings is 1. The first-order chi connectivity index (χ1) is 18.5. The number of pyridine rings is 1. The Morgan fingerprint density at radius 2 is 1.90 bits per heavy atom. The van der Waals surface area contributed by atoms with Gasteiger partial charge in [-0.3, -0.25) is 14.5 Å². The molecule has 0 bridgehead atoms. The molecular formula is C23H20F7N5O4S. The smallest absolute Gasteiger partial charge is 0.395 e. The molecule has 1 saturated heterocycles. The average Bonchev–Trinajstić information content (AvgIpc) is 3.37. The summed E-state index contributed by atoms with van der Waals surface area (Å²) >= 11 is 0.961. The summed E-state index contributed by atoms with van der Waals surface area (Å²) in [5.41, 5.74) is 3.09. The number of likely N-dealkylation sites (tertiary alicyclic amines) is 1. The quantitative estimate of drug-likeness (QED) is 0.376. The number of H-pyrrole nitrogens is 1. The number of nitrogens with one attached hydrogen (secondary N) is 2. The van der Waals surface area contributed by atoms with Crippen molar-refractivity contribution in [3.63, 3.8) is 0 Å². The summed E-state index contributed by atoms with van der Waals surface area (Å²) in [5.74, 6) is -6.03. The van der Waals surface area contributed by atoms with E-state index >= 15 is 0 Å². The van der Waals surface area contributed by atoms with Gasteiger partial charge in [-0.1, -0.05) is 11.3 Å². The number of halogens is 7. The van der Waals surface area contributed by atoms with Gasteiger partial charge in [0.15, 0.2) is 16.6 Å². The second-order valence-corrected chi connectivity index (χ2v) is 10.4. The fourth-order valence-corrected chi connectivity index (χ4v) is 5.44. The van der Waals surface area contributed by atoms with Crippen molar-refractivity contribution in [3.8, 4) is 11.5 Å². The van der Waals surface area contributed by atoms with Gasteiger partial charge >= 0.3 is 12.5 Å². The Bertz CT molecular complexity index is 1480. The molecule has 3 aromatic rings. The summed E-state index contributed by atoms with van der Waals surface area (Å²) in [6.07, 6.45) is -8.55. The molecule has 40 heavy (non-hydrogen) atoms. The number of aromatic amines is 1. The van der Waals surface area contributed by atoms with Crippen molar-refractivity contribution in [1.29, 1.82) is 0 Å². The molecule has 216 valence electrons. The van der Waals surface area contributed by atoms with Gasteiger partial charge < -0.3 is 25.5 Å². The van der Waals surface area contributed by atoms with Gasteiger partial charge in [0.1, 0.15) is 6.04 Å². The van der Waals surface area contributed by atoms with E-state index in [9.17, 15) is 40.3 Å². The molecule has 0 spiro atoms. The first kappa shape index (κ1) is 28.1. The number of piperidine rings is 1. The van der Waals surface area contributed by atoms with Crippen molar-refractivity contribution in [2.75, 3.05) is 18.4 Å². The largest absolute Gasteiger partial charge is 0.586 e. The maximum absolute atomic E-state index is 14.9. The lowest BCUT2D eigenvalue weighted by molar-refractivity contribution is -0.286. The first-order valence-electron chi connectivity index (χ1n) is 11.7. The van der Waals surface area contributed by atoms with Gasteiger partial charge in [-0.2, -0.15) is 13.2 Å². The summed E-state index contributed by atoms with van der Waals surface area (Å²) < 4.78 is 105. The molecule has 1 aromatic carbocycles. The summed E-state index contributed by atoms with van der Waals surface area (Å²) in [5, 5.41) is 2.67. The molecule has 0 radical (unpaired) electrons. The third kappa shape index (κ3) is 5.32. The van der Waals surface area contributed by atoms with E-state index in [4.69, 9.17) is 5.73 Å². The molecule has 1 fully saturated rings. The summed E-state index contributed by atoms with van der Waals surface area (Å²) in [6.45, 7) is 0.842. The number of ether oxygens (including phenoxy) is 2. The molecule has 1 amide bonds. The molecule has 0 aliphatic carbocycles. The normalized spacial score (nSPS) is 21.8. The Balaban J connectivity index is 1.32. The van der Waals surface area contributed by atoms with Gasteiger partial charge in [0.05, 0.1) is 22.2 Å². The van der Waals surface area contributed by atoms with Crippen LogP contribution in [0.3, 0.4) is 0 Å². The molecule has 9 nitrogen and oxygen atoms in total. The number of fused-ring (bicyclic) bond motifs is 2. The van der Waals surface area contributed by atoms with Gasteiger partial charge in [-0.25, -0.2) is 13.8 Å². The fourth-order valence-electron chi connectivity index (χ4n) is 4.56. The average molecular weight is 595 g/mol. The Morgan fingerprint density at radius 3 is 2.58 bits per heavy atom. The second kappa shape index (κ2) is 9.59. The van der Waals surface area contributed by atoms with E-state index in [0.717, 1.165) is 23.6 Å². The monoisotopic (exact) mass is 595 g/mol. The van der Waals surface area contributed by atoms with Crippen molar-refractivity contribution in [3.05, 3.63) is 45.9 Å². The zero-order chi connectivity index (χ0) is 29.2. The van der Waals surface area contributed by atoms with Crippen LogP contribution in [0.5, 0.6) is 11.5 Å². The Kier molecular flexibility index (Phi) is 6.74. The van der Waals surface area contributed by atoms with E-state index < -0.39 is 66.4 Å². The van der Waals surface area contributed by atoms with Crippen LogP contribution in [0.25, 0.3) is 10.2 Å². The molecule has 4 heterocycles. The van der Waals surface area contributed by atoms with Gasteiger partial charge in [0.25, 0.3) is 11.5 Å². The standard InChI is InChI=1S/C23H20F7N5O4S/c1-9(18(36)34-20-33-13-5-14-15(6-16(13)40-20)39-23(29,30)38-14)35-3-2-21(24,25)12(8-35)10-4-11(19(37)32-7-10)17(31)22(26,27)28/h4-7,9,12,17H,2-3,8,31H2,1H3,(H,32,37)(H,33,34,36)/t9-,12+,17+/m0/s1. The number of hydrogen-bond donors (Lipinski definition) is 3. The van der Waals surface area contributed by atoms with E-state index in [1.165, 1.54) is 24.0 Å². The van der Waals surface area contributed by atoms with E-state index in [-0.39, 0.29) is 34.3 Å². The van der Waals surface area contributed by atoms with Crippen molar-refractivity contribution in [2.45, 2.75) is 49.7 Å². The summed E-state index contributed by atoms with van der Waals surface area (Å²) in [6, 6.07) is -0.407. The number of aromatic nitrogens is 2. The Labute approximate surface area is 224 Å². The minimum atomic E-state index is -4.97. The predicted octanol–water partition coefficient (Wildman–Crippen LogP) is 4.32. The fraction of sp³-hybridized carbons (Fsp3) is 0.435. The minimum Gasteiger partial charge on any atom is -0.395 e. The van der Waals surface area contributed by atoms with Gasteiger partial charge in [-0.15, -0.1) is 8.78 Å². The van der Waals surface area contributed by atoms with Crippen LogP contribution in [0.2, 0.25) is 0 Å². The molecule has 2 aromatic heterocycles. The SMILES string of the molecule is C[C@@H](C(=O)Nc1nc2cc3c(cc2s1)OC(F)(F)O3)N1CCC(F)(F)[C@@H](c2c[nH]c(=O)c([C@@H](N)C(F)(F)F)c2)C1. The highest BCUT2D eigenvalue weighted by Crippen LogP contribution is 2.45. The number of alkyl halides is 7. The van der Waals surface area contributed by atoms with Crippen LogP contribution in [0.1, 0.15) is 36.4 Å². The highest BCUT2D eigenvalue weighted by molar-refractivity contribution is 7.22. The lowest BCUT2D eigenvalue weighted by Gasteiger charge is -2.40. The Morgan fingerprint density at radius 1 is 1.23 bits per heavy atom. The van der Waals surface area contributed by atoms with Gasteiger partial charge in [0, 0.05) is 43.4 Å². The number of hydrogen-bond acceptors (Lipinski definition) is 8. The third-order valence-electron chi connectivity index (χ3n) is 6.77. The molecule has 0 saturated carbocycles. The summed E-state index contributed by atoms with van der Waals surface area (Å²) in [4.78, 5) is 32.6. The van der Waals surface area contributed by atoms with Crippen LogP contribution in [-0.2, 0) is 4.79 Å². The van der Waals surface area contributed by atoms with Crippen LogP contribution in [0.15, 0.2) is 29.2 Å². The molecule has 2 aliphatic rings. The van der Waals surface area contributed by atoms with Crippen LogP contribution in [0.4, 0.5) is 35.9 Å². The van der Waals surface area contributed by atoms with E-state index in [2.05, 4.69) is 24.8 Å². The number of nitrogens with two attached hydrogens (primary N) is 1. The number of amides is 1. The lowest BCUT2D eigenvalue weighted by Crippen LogP contribution is -2.52. The molecular weight excluding hydrogens is 575 g/mol. The number of rotatable bonds is 5. The highest BCUT2D eigenvalue weighted by Gasteiger charge is 2.48. The van der Waals surface area contributed by atoms with Gasteiger partial charge in [0.2, 0.25) is 5.91 Å². The molecule has 3 atom stereocenters. The molecule has 17 heteroatoms. The molecule has 0 unspecified atom stereocenters. The van der Waals surface area contributed by atoms with Crippen LogP contribution >= 0.6 is 11.3 Å². The lowest BCUT2D eigenvalue weighted by atomic mass is 9.86. The van der Waals surface area contributed by atoms with Crippen molar-refractivity contribution < 1.29 is 45.0 Å². The van der Waals surface area contributed by atoms with Crippen molar-refractivity contribution >= 4 is 32.6 Å². The first-order valence-corrected chi connectivity index (χ1v) is 12.5. The number of carbonyl (C=O) groups is 1. The van der Waals surface area contributed by atoms with Crippen LogP contribution < -0.4 is 26.1 Å². The summed E-state index contributed by atoms with van der Waals surface area (Å²) in [7, 11) is 0. The third-order valence-corrected chi connectivity index (χ3v) is 7.71. The van der Waals surface area contributed by atoms with E-state index in [1.807, 2.05) is 0 Å². The Hall–Kier alpha value is -3.44. The second-order valence-electron chi connectivity index (χ2n) is 9.41. The van der Waals surface area contributed by atoms with Crippen molar-refractivity contribution in [1.82, 2.24) is 14.9 Å². The zero-order valence-electron chi connectivity index (χ0n) is 20.3. The van der Waals surface area contributed by atoms with Crippen molar-refractivity contribution in [2.24, 2.45) is 5.73 Å². The minimum absolute atomic E-state index is 0.104. The van der Waals surface area contributed by atoms with Crippen LogP contribution in [-0.4, -0.2) is 58.3 Å². The van der Waals surface area contributed by atoms with E-state index in [1.54, 1.807) is 0 Å².